The summed E-state index contributed by atoms with van der Waals surface area (Å²) in [6, 6.07) is 0. The van der Waals surface area contributed by atoms with Crippen LogP contribution in [0.5, 0.6) is 0 Å². The monoisotopic (exact) mass is 624 g/mol. The molecule has 228 valence electrons. The fraction of sp³-hybridized carbons (Fsp3) is 0.923. The van der Waals surface area contributed by atoms with Crippen molar-refractivity contribution in [3.63, 3.8) is 0 Å². The predicted molar refractivity (Wildman–Crippen MR) is 156 cm³/mol. The Bertz CT molecular complexity index is 807. The van der Waals surface area contributed by atoms with Crippen LogP contribution < -0.4 is 10.4 Å². The molecule has 0 spiro atoms. The van der Waals surface area contributed by atoms with E-state index in [1.165, 1.54) is 57.8 Å². The van der Waals surface area contributed by atoms with Crippen LogP contribution in [-0.4, -0.2) is 100 Å². The zero-order chi connectivity index (χ0) is 29.1. The van der Waals surface area contributed by atoms with E-state index in [4.69, 9.17) is 4.55 Å². The molecular weight excluding hydrogens is 573 g/mol. The summed E-state index contributed by atoms with van der Waals surface area (Å²) >= 11 is 0. The summed E-state index contributed by atoms with van der Waals surface area (Å²) in [6.45, 7) is 4.80. The normalized spacial score (nSPS) is 11.8. The Labute approximate surface area is 268 Å². The standard InChI is InChI=1S/2C13H27NO4S.Ca/c2*1-2-3-4-5-6-7-8-10-13(15)14-11-9-12-19(16,17)18;/h2*2-12H2,1H3,(H,14,15)(H,16,17,18);/q;;+2/p-2. The van der Waals surface area contributed by atoms with Crippen LogP contribution in [0.2, 0.25) is 0 Å². The first-order valence-electron chi connectivity index (χ1n) is 14.3. The number of hydrogen-bond acceptors (Lipinski definition) is 8. The van der Waals surface area contributed by atoms with Gasteiger partial charge in [-0.25, -0.2) is 8.42 Å². The van der Waals surface area contributed by atoms with Gasteiger partial charge in [-0.1, -0.05) is 90.9 Å². The Hall–Kier alpha value is 0.0197. The van der Waals surface area contributed by atoms with Gasteiger partial charge in [-0.05, 0) is 38.0 Å². The second-order valence-electron chi connectivity index (χ2n) is 9.62. The zero-order valence-electron chi connectivity index (χ0n) is 24.3. The summed E-state index contributed by atoms with van der Waals surface area (Å²) in [5.41, 5.74) is 0. The van der Waals surface area contributed by atoms with E-state index in [9.17, 15) is 31.3 Å². The summed E-state index contributed by atoms with van der Waals surface area (Å²) in [5, 5.41) is 14.0. The van der Waals surface area contributed by atoms with E-state index in [1.807, 2.05) is 0 Å². The molecule has 0 aliphatic heterocycles. The van der Waals surface area contributed by atoms with Gasteiger partial charge in [-0.2, -0.15) is 8.42 Å². The predicted octanol–water partition coefficient (Wildman–Crippen LogP) is 3.96. The van der Waals surface area contributed by atoms with Gasteiger partial charge < -0.3 is 20.0 Å². The Balaban J connectivity index is -0.000000648. The van der Waals surface area contributed by atoms with E-state index in [2.05, 4.69) is 24.2 Å². The van der Waals surface area contributed by atoms with Gasteiger partial charge in [0.1, 0.15) is 0 Å². The van der Waals surface area contributed by atoms with E-state index >= 15 is 0 Å². The summed E-state index contributed by atoms with van der Waals surface area (Å²) in [5.74, 6) is -0.966. The number of aliphatic imine (C=N–C) groups is 1. The third kappa shape index (κ3) is 42.6. The maximum Gasteiger partial charge on any atom is 2.00 e. The van der Waals surface area contributed by atoms with Crippen molar-refractivity contribution in [2.75, 3.05) is 24.6 Å². The molecule has 0 saturated carbocycles. The van der Waals surface area contributed by atoms with Gasteiger partial charge in [0.25, 0.3) is 10.1 Å². The Morgan fingerprint density at radius 2 is 1.18 bits per heavy atom. The minimum absolute atomic E-state index is 0. The third-order valence-corrected chi connectivity index (χ3v) is 7.34. The SMILES string of the molecule is CCCCCCCCCC(=O)NCCCS(=O)(=O)O.CCCCCCCCCC([O-])=NCCCS(=O)(=O)[O-].[Ca+2]. The average molecular weight is 625 g/mol. The number of carbonyl (C=O) groups excluding carboxylic acids is 1. The molecule has 0 aromatic heterocycles. The summed E-state index contributed by atoms with van der Waals surface area (Å²) in [7, 11) is -8.08. The third-order valence-electron chi connectivity index (χ3n) is 5.74. The summed E-state index contributed by atoms with van der Waals surface area (Å²) in [6.07, 6.45) is 17.5. The van der Waals surface area contributed by atoms with Gasteiger partial charge in [0, 0.05) is 25.3 Å². The molecule has 0 rings (SSSR count). The van der Waals surface area contributed by atoms with Gasteiger partial charge >= 0.3 is 37.7 Å². The van der Waals surface area contributed by atoms with Crippen LogP contribution in [0.1, 0.15) is 129 Å². The van der Waals surface area contributed by atoms with Crippen molar-refractivity contribution >= 4 is 69.8 Å². The second-order valence-corrected chi connectivity index (χ2v) is 12.7. The number of hydrogen-bond donors (Lipinski definition) is 2. The number of nitrogens with one attached hydrogen (secondary N) is 1. The van der Waals surface area contributed by atoms with Crippen molar-refractivity contribution in [1.82, 2.24) is 5.32 Å². The quantitative estimate of drug-likeness (QED) is 0.0533. The molecule has 0 bridgehead atoms. The van der Waals surface area contributed by atoms with Crippen LogP contribution in [0.3, 0.4) is 0 Å². The topological polar surface area (TPSA) is 176 Å². The van der Waals surface area contributed by atoms with Crippen molar-refractivity contribution in [2.24, 2.45) is 4.99 Å². The van der Waals surface area contributed by atoms with Crippen molar-refractivity contribution in [1.29, 1.82) is 0 Å². The van der Waals surface area contributed by atoms with Gasteiger partial charge in [0.05, 0.1) is 15.9 Å². The zero-order valence-corrected chi connectivity index (χ0v) is 28.2. The number of nitrogens with zero attached hydrogens (tertiary/aromatic N) is 1. The van der Waals surface area contributed by atoms with Gasteiger partial charge in [0.15, 0.2) is 0 Å². The van der Waals surface area contributed by atoms with E-state index in [-0.39, 0.29) is 74.7 Å². The van der Waals surface area contributed by atoms with Crippen molar-refractivity contribution in [2.45, 2.75) is 129 Å². The molecule has 0 heterocycles. The molecule has 2 N–H and O–H groups in total. The van der Waals surface area contributed by atoms with E-state index < -0.39 is 26.0 Å². The van der Waals surface area contributed by atoms with Gasteiger partial charge in [-0.15, -0.1) is 0 Å². The molecule has 0 aliphatic carbocycles. The smallest absolute Gasteiger partial charge is 0.862 e. The maximum absolute atomic E-state index is 11.4. The number of unbranched alkanes of at least 4 members (excludes halogenated alkanes) is 12. The first kappa shape index (κ1) is 43.5. The van der Waals surface area contributed by atoms with Crippen molar-refractivity contribution in [3.05, 3.63) is 0 Å². The Morgan fingerprint density at radius 3 is 1.64 bits per heavy atom. The van der Waals surface area contributed by atoms with Crippen LogP contribution in [0.15, 0.2) is 4.99 Å². The minimum Gasteiger partial charge on any atom is -0.862 e. The molecule has 39 heavy (non-hydrogen) atoms. The van der Waals surface area contributed by atoms with Gasteiger partial charge in [-0.3, -0.25) is 9.35 Å². The molecule has 0 atom stereocenters. The van der Waals surface area contributed by atoms with Crippen LogP contribution in [0, 0.1) is 0 Å². The van der Waals surface area contributed by atoms with Crippen LogP contribution in [0.4, 0.5) is 0 Å². The average Bonchev–Trinajstić information content (AvgIpc) is 2.83. The van der Waals surface area contributed by atoms with Crippen LogP contribution >= 0.6 is 0 Å². The number of amides is 1. The molecule has 0 aliphatic rings. The largest absolute Gasteiger partial charge is 2.00 e. The molecule has 0 fully saturated rings. The first-order valence-corrected chi connectivity index (χ1v) is 17.5. The fourth-order valence-corrected chi connectivity index (χ4v) is 4.56. The molecule has 1 amide bonds. The van der Waals surface area contributed by atoms with Crippen LogP contribution in [0.25, 0.3) is 0 Å². The van der Waals surface area contributed by atoms with E-state index in [1.54, 1.807) is 0 Å². The minimum atomic E-state index is -4.18. The van der Waals surface area contributed by atoms with E-state index in [0.29, 0.717) is 19.4 Å². The first-order chi connectivity index (χ1) is 17.9. The number of carbonyl (C=O) groups is 1. The second kappa shape index (κ2) is 29.5. The fourth-order valence-electron chi connectivity index (χ4n) is 3.57. The molecule has 0 saturated heterocycles. The molecule has 0 aromatic rings. The Kier molecular flexibility index (Phi) is 32.9. The Morgan fingerprint density at radius 1 is 0.718 bits per heavy atom. The van der Waals surface area contributed by atoms with Crippen molar-refractivity contribution < 1.29 is 35.8 Å². The van der Waals surface area contributed by atoms with E-state index in [0.717, 1.165) is 32.1 Å². The molecular formula is C26H52CaN2O8S2. The number of rotatable bonds is 24. The molecule has 10 nitrogen and oxygen atoms in total. The van der Waals surface area contributed by atoms with Crippen LogP contribution in [-0.2, 0) is 25.0 Å². The molecule has 13 heteroatoms. The maximum atomic E-state index is 11.4. The van der Waals surface area contributed by atoms with Gasteiger partial charge in [0.2, 0.25) is 5.91 Å². The summed E-state index contributed by atoms with van der Waals surface area (Å²) in [4.78, 5) is 15.1. The summed E-state index contributed by atoms with van der Waals surface area (Å²) < 4.78 is 60.3. The molecule has 0 aromatic carbocycles. The molecule has 0 unspecified atom stereocenters. The molecule has 0 radical (unpaired) electrons. The van der Waals surface area contributed by atoms with Crippen molar-refractivity contribution in [3.8, 4) is 0 Å².